The first-order chi connectivity index (χ1) is 11.7. The van der Waals surface area contributed by atoms with Crippen molar-refractivity contribution in [1.29, 1.82) is 0 Å². The largest absolute Gasteiger partial charge is 0.394 e. The number of aliphatic hydroxyl groups excluding tert-OH is 3. The van der Waals surface area contributed by atoms with Crippen molar-refractivity contribution in [1.82, 2.24) is 14.5 Å². The summed E-state index contributed by atoms with van der Waals surface area (Å²) in [7, 11) is 0. The fourth-order valence-corrected chi connectivity index (χ4v) is 3.11. The molecule has 24 heavy (non-hydrogen) atoms. The predicted octanol–water partition coefficient (Wildman–Crippen LogP) is 0.710. The third-order valence-electron chi connectivity index (χ3n) is 4.35. The number of hydrogen-bond donors (Lipinski definition) is 3. The lowest BCUT2D eigenvalue weighted by Gasteiger charge is -2.17. The molecule has 4 atom stereocenters. The second-order valence-electron chi connectivity index (χ2n) is 5.78. The van der Waals surface area contributed by atoms with Gasteiger partial charge in [-0.05, 0) is 6.07 Å². The van der Waals surface area contributed by atoms with Crippen molar-refractivity contribution in [2.45, 2.75) is 24.5 Å². The topological polar surface area (TPSA) is 101 Å². The van der Waals surface area contributed by atoms with Crippen LogP contribution in [0.1, 0.15) is 6.23 Å². The monoisotopic (exact) mass is 327 g/mol. The van der Waals surface area contributed by atoms with Gasteiger partial charge in [-0.3, -0.25) is 0 Å². The van der Waals surface area contributed by atoms with Crippen molar-refractivity contribution >= 4 is 11.0 Å². The van der Waals surface area contributed by atoms with Crippen molar-refractivity contribution in [2.75, 3.05) is 6.61 Å². The Labute approximate surface area is 137 Å². The van der Waals surface area contributed by atoms with Crippen molar-refractivity contribution in [3.63, 3.8) is 0 Å². The summed E-state index contributed by atoms with van der Waals surface area (Å²) in [5.74, 6) is 0. The number of nitrogens with zero attached hydrogens (tertiary/aromatic N) is 3. The molecular formula is C17H17N3O4. The molecular weight excluding hydrogens is 310 g/mol. The second kappa shape index (κ2) is 5.95. The summed E-state index contributed by atoms with van der Waals surface area (Å²) in [5, 5.41) is 30.2. The van der Waals surface area contributed by atoms with Gasteiger partial charge >= 0.3 is 0 Å². The van der Waals surface area contributed by atoms with Crippen molar-refractivity contribution < 1.29 is 20.1 Å². The minimum atomic E-state index is -1.15. The van der Waals surface area contributed by atoms with Gasteiger partial charge in [0.1, 0.15) is 30.3 Å². The van der Waals surface area contributed by atoms with E-state index in [0.717, 1.165) is 16.6 Å². The number of rotatable bonds is 3. The number of aromatic nitrogens is 3. The van der Waals surface area contributed by atoms with Crippen LogP contribution in [-0.4, -0.2) is 54.8 Å². The van der Waals surface area contributed by atoms with E-state index in [-0.39, 0.29) is 6.61 Å². The van der Waals surface area contributed by atoms with E-state index in [0.29, 0.717) is 5.65 Å². The van der Waals surface area contributed by atoms with Gasteiger partial charge in [0, 0.05) is 17.1 Å². The SMILES string of the molecule is OC[C@H]1O[C@@H](n2ccc3c(-c4ccccc4)ncnc32)[C@H](O)[C@@H]1O. The molecule has 0 radical (unpaired) electrons. The van der Waals surface area contributed by atoms with Gasteiger partial charge in [-0.25, -0.2) is 9.97 Å². The number of benzene rings is 1. The standard InChI is InChI=1S/C17H17N3O4/c21-8-12-14(22)15(23)17(24-12)20-7-6-11-13(18-9-19-16(11)20)10-4-2-1-3-5-10/h1-7,9,12,14-15,17,21-23H,8H2/t12-,14-,15-,17-/m1/s1. The van der Waals surface area contributed by atoms with E-state index in [1.54, 1.807) is 10.8 Å². The minimum Gasteiger partial charge on any atom is -0.394 e. The predicted molar refractivity (Wildman–Crippen MR) is 86.0 cm³/mol. The highest BCUT2D eigenvalue weighted by Crippen LogP contribution is 2.33. The maximum Gasteiger partial charge on any atom is 0.164 e. The average molecular weight is 327 g/mol. The fraction of sp³-hybridized carbons (Fsp3) is 0.294. The summed E-state index contributed by atoms with van der Waals surface area (Å²) >= 11 is 0. The Morgan fingerprint density at radius 1 is 1.04 bits per heavy atom. The molecule has 124 valence electrons. The molecule has 7 heteroatoms. The van der Waals surface area contributed by atoms with Crippen LogP contribution in [0, 0.1) is 0 Å². The lowest BCUT2D eigenvalue weighted by molar-refractivity contribution is -0.0508. The quantitative estimate of drug-likeness (QED) is 0.655. The zero-order chi connectivity index (χ0) is 16.7. The van der Waals surface area contributed by atoms with Crippen LogP contribution >= 0.6 is 0 Å². The van der Waals surface area contributed by atoms with Gasteiger partial charge in [-0.1, -0.05) is 30.3 Å². The lowest BCUT2D eigenvalue weighted by atomic mass is 10.1. The molecule has 0 unspecified atom stereocenters. The van der Waals surface area contributed by atoms with Gasteiger partial charge in [0.15, 0.2) is 6.23 Å². The van der Waals surface area contributed by atoms with Crippen LogP contribution in [0.15, 0.2) is 48.9 Å². The lowest BCUT2D eigenvalue weighted by Crippen LogP contribution is -2.33. The van der Waals surface area contributed by atoms with Crippen molar-refractivity contribution in [3.8, 4) is 11.3 Å². The molecule has 1 aliphatic rings. The third-order valence-corrected chi connectivity index (χ3v) is 4.35. The Kier molecular flexibility index (Phi) is 3.78. The minimum absolute atomic E-state index is 0.363. The fourth-order valence-electron chi connectivity index (χ4n) is 3.11. The molecule has 2 aromatic heterocycles. The molecule has 0 spiro atoms. The Morgan fingerprint density at radius 3 is 2.54 bits per heavy atom. The molecule has 1 aliphatic heterocycles. The van der Waals surface area contributed by atoms with E-state index >= 15 is 0 Å². The molecule has 4 rings (SSSR count). The van der Waals surface area contributed by atoms with E-state index in [2.05, 4.69) is 9.97 Å². The van der Waals surface area contributed by atoms with Crippen LogP contribution in [0.25, 0.3) is 22.3 Å². The first-order valence-corrected chi connectivity index (χ1v) is 7.70. The van der Waals surface area contributed by atoms with Gasteiger partial charge in [0.05, 0.1) is 12.3 Å². The average Bonchev–Trinajstić information content (AvgIpc) is 3.17. The number of ether oxygens (including phenoxy) is 1. The highest BCUT2D eigenvalue weighted by molar-refractivity contribution is 5.90. The summed E-state index contributed by atoms with van der Waals surface area (Å²) in [6.45, 7) is -0.363. The van der Waals surface area contributed by atoms with Crippen LogP contribution in [0.5, 0.6) is 0 Å². The summed E-state index contributed by atoms with van der Waals surface area (Å²) in [5.41, 5.74) is 2.34. The molecule has 1 fully saturated rings. The van der Waals surface area contributed by atoms with E-state index < -0.39 is 24.5 Å². The van der Waals surface area contributed by atoms with E-state index in [4.69, 9.17) is 4.74 Å². The van der Waals surface area contributed by atoms with Gasteiger partial charge in [-0.2, -0.15) is 0 Å². The molecule has 0 aliphatic carbocycles. The maximum atomic E-state index is 10.2. The summed E-state index contributed by atoms with van der Waals surface area (Å²) in [4.78, 5) is 8.66. The Balaban J connectivity index is 1.80. The molecule has 3 aromatic rings. The molecule has 1 saturated heterocycles. The number of fused-ring (bicyclic) bond motifs is 1. The molecule has 7 nitrogen and oxygen atoms in total. The molecule has 0 bridgehead atoms. The molecule has 1 aromatic carbocycles. The molecule has 3 N–H and O–H groups in total. The van der Waals surface area contributed by atoms with E-state index in [1.165, 1.54) is 6.33 Å². The van der Waals surface area contributed by atoms with Gasteiger partial charge in [0.25, 0.3) is 0 Å². The number of aliphatic hydroxyl groups is 3. The summed E-state index contributed by atoms with van der Waals surface area (Å²) in [6, 6.07) is 11.6. The highest BCUT2D eigenvalue weighted by Gasteiger charge is 2.43. The highest BCUT2D eigenvalue weighted by atomic mass is 16.6. The first-order valence-electron chi connectivity index (χ1n) is 7.70. The summed E-state index contributed by atoms with van der Waals surface area (Å²) in [6.07, 6.45) is -0.721. The Morgan fingerprint density at radius 2 is 1.83 bits per heavy atom. The smallest absolute Gasteiger partial charge is 0.164 e. The van der Waals surface area contributed by atoms with Crippen LogP contribution in [0.3, 0.4) is 0 Å². The zero-order valence-corrected chi connectivity index (χ0v) is 12.7. The normalized spacial score (nSPS) is 27.0. The van der Waals surface area contributed by atoms with Crippen molar-refractivity contribution in [2.24, 2.45) is 0 Å². The molecule has 0 saturated carbocycles. The first kappa shape index (κ1) is 15.2. The molecule has 3 heterocycles. The van der Waals surface area contributed by atoms with E-state index in [1.807, 2.05) is 36.4 Å². The molecule has 0 amide bonds. The third kappa shape index (κ3) is 2.30. The van der Waals surface area contributed by atoms with E-state index in [9.17, 15) is 15.3 Å². The van der Waals surface area contributed by atoms with Crippen molar-refractivity contribution in [3.05, 3.63) is 48.9 Å². The van der Waals surface area contributed by atoms with Crippen LogP contribution < -0.4 is 0 Å². The van der Waals surface area contributed by atoms with Gasteiger partial charge < -0.3 is 24.6 Å². The Hall–Kier alpha value is -2.32. The number of hydrogen-bond acceptors (Lipinski definition) is 6. The van der Waals surface area contributed by atoms with Gasteiger partial charge in [-0.15, -0.1) is 0 Å². The van der Waals surface area contributed by atoms with Crippen LogP contribution in [-0.2, 0) is 4.74 Å². The van der Waals surface area contributed by atoms with Crippen LogP contribution in [0.2, 0.25) is 0 Å². The summed E-state index contributed by atoms with van der Waals surface area (Å²) < 4.78 is 7.25. The zero-order valence-electron chi connectivity index (χ0n) is 12.7. The van der Waals surface area contributed by atoms with Gasteiger partial charge in [0.2, 0.25) is 0 Å². The maximum absolute atomic E-state index is 10.2. The Bertz CT molecular complexity index is 851. The second-order valence-corrected chi connectivity index (χ2v) is 5.78. The van der Waals surface area contributed by atoms with Crippen LogP contribution in [0.4, 0.5) is 0 Å².